The summed E-state index contributed by atoms with van der Waals surface area (Å²) in [6, 6.07) is 7.92. The number of piperidine rings is 1. The van der Waals surface area contributed by atoms with Crippen molar-refractivity contribution in [2.45, 2.75) is 32.0 Å². The maximum Gasteiger partial charge on any atom is 0.417 e. The smallest absolute Gasteiger partial charge is 0.417 e. The van der Waals surface area contributed by atoms with Crippen LogP contribution in [0.25, 0.3) is 0 Å². The molecule has 1 aromatic heterocycles. The molecule has 0 unspecified atom stereocenters. The Morgan fingerprint density at radius 3 is 2.42 bits per heavy atom. The van der Waals surface area contributed by atoms with Crippen molar-refractivity contribution in [3.05, 3.63) is 54.0 Å². The van der Waals surface area contributed by atoms with Crippen LogP contribution in [0.2, 0.25) is 0 Å². The Balaban J connectivity index is 1.49. The third kappa shape index (κ3) is 5.71. The lowest BCUT2D eigenvalue weighted by molar-refractivity contribution is -0.158. The molecular formula is C21H21F4N3O3. The van der Waals surface area contributed by atoms with Crippen molar-refractivity contribution < 1.29 is 31.9 Å². The van der Waals surface area contributed by atoms with Crippen LogP contribution in [0.15, 0.2) is 42.6 Å². The molecule has 6 nitrogen and oxygen atoms in total. The summed E-state index contributed by atoms with van der Waals surface area (Å²) in [5, 5.41) is 2.37. The van der Waals surface area contributed by atoms with Crippen LogP contribution in [0.4, 0.5) is 29.1 Å². The molecule has 0 spiro atoms. The molecule has 1 aliphatic rings. The van der Waals surface area contributed by atoms with Crippen molar-refractivity contribution in [2.75, 3.05) is 23.3 Å². The number of benzene rings is 1. The van der Waals surface area contributed by atoms with Crippen LogP contribution in [-0.4, -0.2) is 36.1 Å². The summed E-state index contributed by atoms with van der Waals surface area (Å²) in [5.74, 6) is -1.84. The van der Waals surface area contributed by atoms with E-state index in [-0.39, 0.29) is 5.69 Å². The van der Waals surface area contributed by atoms with Crippen LogP contribution in [0.5, 0.6) is 0 Å². The number of pyridine rings is 1. The molecule has 0 aliphatic carbocycles. The molecule has 31 heavy (non-hydrogen) atoms. The maximum absolute atomic E-state index is 13.6. The minimum atomic E-state index is -4.45. The van der Waals surface area contributed by atoms with Crippen molar-refractivity contribution in [1.82, 2.24) is 4.98 Å². The van der Waals surface area contributed by atoms with Crippen LogP contribution < -0.4 is 10.2 Å². The highest BCUT2D eigenvalue weighted by Gasteiger charge is 2.32. The number of para-hydroxylation sites is 1. The highest BCUT2D eigenvalue weighted by molar-refractivity contribution is 5.95. The van der Waals surface area contributed by atoms with Gasteiger partial charge in [0.2, 0.25) is 0 Å². The summed E-state index contributed by atoms with van der Waals surface area (Å²) < 4.78 is 56.8. The molecule has 10 heteroatoms. The van der Waals surface area contributed by atoms with Crippen LogP contribution in [-0.2, 0) is 20.5 Å². The Morgan fingerprint density at radius 2 is 1.84 bits per heavy atom. The summed E-state index contributed by atoms with van der Waals surface area (Å²) >= 11 is 0. The number of ether oxygens (including phenoxy) is 1. The number of rotatable bonds is 5. The summed E-state index contributed by atoms with van der Waals surface area (Å²) in [6.07, 6.45) is -3.96. The van der Waals surface area contributed by atoms with Gasteiger partial charge in [-0.15, -0.1) is 0 Å². The van der Waals surface area contributed by atoms with Gasteiger partial charge in [-0.1, -0.05) is 12.1 Å². The van der Waals surface area contributed by atoms with Gasteiger partial charge in [0.1, 0.15) is 11.6 Å². The van der Waals surface area contributed by atoms with Crippen LogP contribution >= 0.6 is 0 Å². The van der Waals surface area contributed by atoms with Gasteiger partial charge in [0.05, 0.1) is 17.2 Å². The Bertz CT molecular complexity index is 926. The van der Waals surface area contributed by atoms with Gasteiger partial charge in [-0.05, 0) is 44.0 Å². The van der Waals surface area contributed by atoms with Gasteiger partial charge in [0.15, 0.2) is 6.10 Å². The van der Waals surface area contributed by atoms with E-state index in [4.69, 9.17) is 4.74 Å². The number of nitrogens with one attached hydrogen (secondary N) is 1. The number of nitrogens with zero attached hydrogens (tertiary/aromatic N) is 2. The monoisotopic (exact) mass is 439 g/mol. The first-order chi connectivity index (χ1) is 14.6. The molecular weight excluding hydrogens is 418 g/mol. The zero-order valence-electron chi connectivity index (χ0n) is 16.7. The van der Waals surface area contributed by atoms with Gasteiger partial charge < -0.3 is 15.0 Å². The first-order valence-electron chi connectivity index (χ1n) is 9.69. The normalized spacial score (nSPS) is 16.0. The van der Waals surface area contributed by atoms with E-state index in [2.05, 4.69) is 10.3 Å². The van der Waals surface area contributed by atoms with Crippen molar-refractivity contribution in [1.29, 1.82) is 0 Å². The van der Waals surface area contributed by atoms with Gasteiger partial charge in [0.25, 0.3) is 5.91 Å². The largest absolute Gasteiger partial charge is 0.452 e. The molecule has 0 saturated carbocycles. The van der Waals surface area contributed by atoms with Gasteiger partial charge in [0, 0.05) is 19.3 Å². The lowest BCUT2D eigenvalue weighted by atomic mass is 9.97. The molecule has 1 fully saturated rings. The van der Waals surface area contributed by atoms with E-state index in [1.54, 1.807) is 11.0 Å². The second kappa shape index (κ2) is 9.32. The number of hydrogen-bond acceptors (Lipinski definition) is 5. The average molecular weight is 439 g/mol. The molecule has 0 bridgehead atoms. The van der Waals surface area contributed by atoms with Crippen LogP contribution in [0.1, 0.15) is 25.3 Å². The number of aromatic nitrogens is 1. The molecule has 1 saturated heterocycles. The van der Waals surface area contributed by atoms with Gasteiger partial charge in [-0.2, -0.15) is 13.2 Å². The molecule has 1 aromatic carbocycles. The molecule has 1 N–H and O–H groups in total. The highest BCUT2D eigenvalue weighted by Crippen LogP contribution is 2.30. The number of anilines is 2. The Labute approximate surface area is 176 Å². The van der Waals surface area contributed by atoms with E-state index >= 15 is 0 Å². The minimum absolute atomic E-state index is 0.00671. The quantitative estimate of drug-likeness (QED) is 0.563. The van der Waals surface area contributed by atoms with Crippen molar-refractivity contribution in [3.63, 3.8) is 0 Å². The number of halogens is 4. The molecule has 0 radical (unpaired) electrons. The van der Waals surface area contributed by atoms with Gasteiger partial charge in [-0.3, -0.25) is 9.59 Å². The van der Waals surface area contributed by atoms with Crippen molar-refractivity contribution >= 4 is 23.4 Å². The zero-order chi connectivity index (χ0) is 22.6. The number of carbonyl (C=O) groups excluding carboxylic acids is 2. The van der Waals surface area contributed by atoms with E-state index in [1.807, 2.05) is 0 Å². The second-order valence-corrected chi connectivity index (χ2v) is 7.21. The van der Waals surface area contributed by atoms with E-state index < -0.39 is 41.5 Å². The molecule has 2 aromatic rings. The SMILES string of the molecule is C[C@@H](OC(=O)C1CCN(c2ccc(C(F)(F)F)cn2)CC1)C(=O)Nc1ccccc1F. The minimum Gasteiger partial charge on any atom is -0.452 e. The number of esters is 1. The fraction of sp³-hybridized carbons (Fsp3) is 0.381. The van der Waals surface area contributed by atoms with Crippen LogP contribution in [0, 0.1) is 11.7 Å². The Morgan fingerprint density at radius 1 is 1.16 bits per heavy atom. The Hall–Kier alpha value is -3.17. The first kappa shape index (κ1) is 22.5. The molecule has 2 heterocycles. The topological polar surface area (TPSA) is 71.5 Å². The van der Waals surface area contributed by atoms with Crippen molar-refractivity contribution in [3.8, 4) is 0 Å². The molecule has 1 amide bonds. The average Bonchev–Trinajstić information content (AvgIpc) is 2.75. The number of alkyl halides is 3. The molecule has 1 atom stereocenters. The maximum atomic E-state index is 13.6. The molecule has 3 rings (SSSR count). The summed E-state index contributed by atoms with van der Waals surface area (Å²) in [7, 11) is 0. The lowest BCUT2D eigenvalue weighted by Gasteiger charge is -2.32. The summed E-state index contributed by atoms with van der Waals surface area (Å²) in [6.45, 7) is 2.22. The number of amides is 1. The highest BCUT2D eigenvalue weighted by atomic mass is 19.4. The van der Waals surface area contributed by atoms with E-state index in [0.717, 1.165) is 12.3 Å². The van der Waals surface area contributed by atoms with Crippen molar-refractivity contribution in [2.24, 2.45) is 5.92 Å². The summed E-state index contributed by atoms with van der Waals surface area (Å²) in [4.78, 5) is 30.2. The predicted molar refractivity (Wildman–Crippen MR) is 105 cm³/mol. The third-order valence-corrected chi connectivity index (χ3v) is 5.02. The fourth-order valence-electron chi connectivity index (χ4n) is 3.21. The van der Waals surface area contributed by atoms with Crippen LogP contribution in [0.3, 0.4) is 0 Å². The standard InChI is InChI=1S/C21H21F4N3O3/c1-13(19(29)27-17-5-3-2-4-16(17)22)31-20(30)14-8-10-28(11-9-14)18-7-6-15(12-26-18)21(23,24)25/h2-7,12-14H,8-11H2,1H3,(H,27,29)/t13-/m1/s1. The lowest BCUT2D eigenvalue weighted by Crippen LogP contribution is -2.39. The van der Waals surface area contributed by atoms with E-state index in [9.17, 15) is 27.2 Å². The third-order valence-electron chi connectivity index (χ3n) is 5.02. The fourth-order valence-corrected chi connectivity index (χ4v) is 3.21. The first-order valence-corrected chi connectivity index (χ1v) is 9.69. The molecule has 166 valence electrons. The number of hydrogen-bond donors (Lipinski definition) is 1. The Kier molecular flexibility index (Phi) is 6.77. The van der Waals surface area contributed by atoms with E-state index in [1.165, 1.54) is 31.2 Å². The number of carbonyl (C=O) groups is 2. The van der Waals surface area contributed by atoms with Gasteiger partial charge >= 0.3 is 12.1 Å². The zero-order valence-corrected chi connectivity index (χ0v) is 16.7. The summed E-state index contributed by atoms with van der Waals surface area (Å²) in [5.41, 5.74) is -0.829. The van der Waals surface area contributed by atoms with E-state index in [0.29, 0.717) is 31.7 Å². The molecule has 1 aliphatic heterocycles. The predicted octanol–water partition coefficient (Wildman–Crippen LogP) is 4.03. The second-order valence-electron chi connectivity index (χ2n) is 7.21. The van der Waals surface area contributed by atoms with Gasteiger partial charge in [-0.25, -0.2) is 9.37 Å².